The van der Waals surface area contributed by atoms with Crippen molar-refractivity contribution in [3.63, 3.8) is 0 Å². The molecule has 0 bridgehead atoms. The van der Waals surface area contributed by atoms with Gasteiger partial charge in [-0.05, 0) is 29.8 Å². The second-order valence-corrected chi connectivity index (χ2v) is 6.46. The van der Waals surface area contributed by atoms with Crippen molar-refractivity contribution in [1.82, 2.24) is 15.3 Å². The standard InChI is InChI=1S/C21H20FN5O4/c1-30-10-9-26-21(29)17-14-3-2-8-25-16(14)19(28)18(27-17)20(24)31-15(23)11-12-4-6-13(22)7-5-12/h2-8,23-24,28H,9-11H2,1H3,(H,26,29). The van der Waals surface area contributed by atoms with Crippen molar-refractivity contribution in [3.8, 4) is 5.75 Å². The molecule has 160 valence electrons. The number of pyridine rings is 2. The van der Waals surface area contributed by atoms with Crippen LogP contribution in [0.15, 0.2) is 42.6 Å². The van der Waals surface area contributed by atoms with Crippen molar-refractivity contribution in [2.75, 3.05) is 20.3 Å². The van der Waals surface area contributed by atoms with Crippen LogP contribution in [0.25, 0.3) is 10.9 Å². The molecule has 0 fully saturated rings. The lowest BCUT2D eigenvalue weighted by molar-refractivity contribution is 0.0934. The highest BCUT2D eigenvalue weighted by Gasteiger charge is 2.23. The number of benzene rings is 1. The first kappa shape index (κ1) is 21.8. The Labute approximate surface area is 176 Å². The quantitative estimate of drug-likeness (QED) is 0.260. The van der Waals surface area contributed by atoms with Crippen molar-refractivity contribution in [1.29, 1.82) is 10.8 Å². The van der Waals surface area contributed by atoms with Gasteiger partial charge in [0.25, 0.3) is 5.91 Å². The maximum absolute atomic E-state index is 13.0. The minimum atomic E-state index is -0.622. The molecule has 0 aliphatic heterocycles. The van der Waals surface area contributed by atoms with Gasteiger partial charge in [-0.2, -0.15) is 0 Å². The van der Waals surface area contributed by atoms with E-state index < -0.39 is 23.4 Å². The molecule has 0 saturated heterocycles. The molecule has 0 atom stereocenters. The molecule has 0 saturated carbocycles. The van der Waals surface area contributed by atoms with Crippen LogP contribution >= 0.6 is 0 Å². The lowest BCUT2D eigenvalue weighted by Gasteiger charge is -2.13. The van der Waals surface area contributed by atoms with Crippen LogP contribution in [-0.4, -0.2) is 53.0 Å². The Bertz CT molecular complexity index is 1130. The molecule has 4 N–H and O–H groups in total. The highest BCUT2D eigenvalue weighted by atomic mass is 19.1. The molecule has 0 aliphatic rings. The first-order valence-corrected chi connectivity index (χ1v) is 9.24. The number of amides is 1. The van der Waals surface area contributed by atoms with E-state index in [4.69, 9.17) is 20.3 Å². The summed E-state index contributed by atoms with van der Waals surface area (Å²) in [6.45, 7) is 0.539. The summed E-state index contributed by atoms with van der Waals surface area (Å²) in [6, 6.07) is 8.67. The van der Waals surface area contributed by atoms with Gasteiger partial charge in [0.2, 0.25) is 5.90 Å². The Hall–Kier alpha value is -3.92. The van der Waals surface area contributed by atoms with Crippen LogP contribution in [0.4, 0.5) is 4.39 Å². The fraction of sp³-hybridized carbons (Fsp3) is 0.190. The number of rotatable bonds is 7. The van der Waals surface area contributed by atoms with Gasteiger partial charge in [0.1, 0.15) is 17.0 Å². The zero-order valence-electron chi connectivity index (χ0n) is 16.6. The van der Waals surface area contributed by atoms with E-state index in [1.54, 1.807) is 12.1 Å². The average molecular weight is 425 g/mol. The molecule has 0 spiro atoms. The molecule has 0 aliphatic carbocycles. The lowest BCUT2D eigenvalue weighted by atomic mass is 10.1. The van der Waals surface area contributed by atoms with Crippen molar-refractivity contribution in [2.45, 2.75) is 6.42 Å². The summed E-state index contributed by atoms with van der Waals surface area (Å²) < 4.78 is 23.1. The highest BCUT2D eigenvalue weighted by molar-refractivity contribution is 6.10. The monoisotopic (exact) mass is 425 g/mol. The summed E-state index contributed by atoms with van der Waals surface area (Å²) in [5, 5.41) is 29.6. The molecule has 2 heterocycles. The largest absolute Gasteiger partial charge is 0.504 e. The number of hydrogen-bond donors (Lipinski definition) is 4. The number of nitrogens with one attached hydrogen (secondary N) is 3. The first-order valence-electron chi connectivity index (χ1n) is 9.24. The van der Waals surface area contributed by atoms with Crippen LogP contribution in [0.3, 0.4) is 0 Å². The molecular formula is C21H20FN5O4. The number of nitrogens with zero attached hydrogens (tertiary/aromatic N) is 2. The van der Waals surface area contributed by atoms with Gasteiger partial charge in [-0.3, -0.25) is 20.6 Å². The van der Waals surface area contributed by atoms with Gasteiger partial charge in [0.15, 0.2) is 17.3 Å². The number of ether oxygens (including phenoxy) is 2. The van der Waals surface area contributed by atoms with E-state index in [1.165, 1.54) is 37.6 Å². The summed E-state index contributed by atoms with van der Waals surface area (Å²) in [4.78, 5) is 20.8. The van der Waals surface area contributed by atoms with E-state index in [2.05, 4.69) is 15.3 Å². The van der Waals surface area contributed by atoms with Gasteiger partial charge in [-0.25, -0.2) is 9.37 Å². The molecule has 31 heavy (non-hydrogen) atoms. The Morgan fingerprint density at radius 3 is 2.65 bits per heavy atom. The zero-order valence-corrected chi connectivity index (χ0v) is 16.6. The number of halogens is 1. The first-order chi connectivity index (χ1) is 14.9. The average Bonchev–Trinajstić information content (AvgIpc) is 2.75. The second-order valence-electron chi connectivity index (χ2n) is 6.46. The van der Waals surface area contributed by atoms with Gasteiger partial charge >= 0.3 is 0 Å². The number of methoxy groups -OCH3 is 1. The Morgan fingerprint density at radius 2 is 1.94 bits per heavy atom. The smallest absolute Gasteiger partial charge is 0.270 e. The summed E-state index contributed by atoms with van der Waals surface area (Å²) in [5.74, 6) is -2.32. The molecule has 3 aromatic rings. The van der Waals surface area contributed by atoms with Crippen molar-refractivity contribution >= 4 is 28.6 Å². The zero-order chi connectivity index (χ0) is 22.4. The van der Waals surface area contributed by atoms with Crippen LogP contribution < -0.4 is 5.32 Å². The summed E-state index contributed by atoms with van der Waals surface area (Å²) >= 11 is 0. The molecule has 10 heteroatoms. The number of carbonyl (C=O) groups is 1. The normalized spacial score (nSPS) is 10.6. The molecule has 9 nitrogen and oxygen atoms in total. The van der Waals surface area contributed by atoms with E-state index in [1.807, 2.05) is 0 Å². The Morgan fingerprint density at radius 1 is 1.19 bits per heavy atom. The van der Waals surface area contributed by atoms with Crippen molar-refractivity contribution < 1.29 is 23.8 Å². The number of aromatic nitrogens is 2. The molecule has 0 unspecified atom stereocenters. The van der Waals surface area contributed by atoms with Gasteiger partial charge in [-0.15, -0.1) is 0 Å². The van der Waals surface area contributed by atoms with Gasteiger partial charge in [-0.1, -0.05) is 12.1 Å². The molecule has 2 aromatic heterocycles. The summed E-state index contributed by atoms with van der Waals surface area (Å²) in [7, 11) is 1.50. The molecule has 1 aromatic carbocycles. The molecule has 1 amide bonds. The maximum atomic E-state index is 13.0. The third kappa shape index (κ3) is 5.17. The highest BCUT2D eigenvalue weighted by Crippen LogP contribution is 2.28. The van der Waals surface area contributed by atoms with E-state index in [0.29, 0.717) is 17.6 Å². The van der Waals surface area contributed by atoms with E-state index in [9.17, 15) is 14.3 Å². The fourth-order valence-electron chi connectivity index (χ4n) is 2.80. The maximum Gasteiger partial charge on any atom is 0.270 e. The number of aromatic hydroxyl groups is 1. The number of hydrogen-bond acceptors (Lipinski definition) is 8. The number of fused-ring (bicyclic) bond motifs is 1. The van der Waals surface area contributed by atoms with Gasteiger partial charge < -0.3 is 19.9 Å². The van der Waals surface area contributed by atoms with Crippen LogP contribution in [-0.2, 0) is 15.9 Å². The third-order valence-corrected chi connectivity index (χ3v) is 4.26. The predicted molar refractivity (Wildman–Crippen MR) is 111 cm³/mol. The van der Waals surface area contributed by atoms with E-state index in [-0.39, 0.29) is 35.8 Å². The SMILES string of the molecule is COCCNC(=O)c1nc(C(=N)OC(=N)Cc2ccc(F)cc2)c(O)c2ncccc12. The van der Waals surface area contributed by atoms with E-state index in [0.717, 1.165) is 0 Å². The van der Waals surface area contributed by atoms with Crippen molar-refractivity contribution in [2.24, 2.45) is 0 Å². The van der Waals surface area contributed by atoms with Crippen molar-refractivity contribution in [3.05, 3.63) is 65.4 Å². The molecule has 3 rings (SSSR count). The third-order valence-electron chi connectivity index (χ3n) is 4.26. The predicted octanol–water partition coefficient (Wildman–Crippen LogP) is 2.41. The molecule has 0 radical (unpaired) electrons. The summed E-state index contributed by atoms with van der Waals surface area (Å²) in [6.07, 6.45) is 1.43. The Balaban J connectivity index is 1.87. The number of carbonyl (C=O) groups excluding carboxylic acids is 1. The van der Waals surface area contributed by atoms with Crippen LogP contribution in [0.2, 0.25) is 0 Å². The second kappa shape index (κ2) is 9.72. The van der Waals surface area contributed by atoms with Crippen LogP contribution in [0.1, 0.15) is 21.7 Å². The van der Waals surface area contributed by atoms with Gasteiger partial charge in [0, 0.05) is 31.7 Å². The fourth-order valence-corrected chi connectivity index (χ4v) is 2.80. The van der Waals surface area contributed by atoms with Gasteiger partial charge in [0.05, 0.1) is 6.61 Å². The molecular weight excluding hydrogens is 405 g/mol. The summed E-state index contributed by atoms with van der Waals surface area (Å²) in [5.41, 5.74) is 0.301. The van der Waals surface area contributed by atoms with Crippen LogP contribution in [0.5, 0.6) is 5.75 Å². The minimum Gasteiger partial charge on any atom is -0.504 e. The lowest BCUT2D eigenvalue weighted by Crippen LogP contribution is -2.28. The minimum absolute atomic E-state index is 0.000383. The van der Waals surface area contributed by atoms with E-state index >= 15 is 0 Å². The topological polar surface area (TPSA) is 141 Å². The Kier molecular flexibility index (Phi) is 6.83. The van der Waals surface area contributed by atoms with Crippen LogP contribution in [0, 0.1) is 16.6 Å².